The lowest BCUT2D eigenvalue weighted by atomic mass is 9.87. The van der Waals surface area contributed by atoms with E-state index in [9.17, 15) is 9.90 Å². The van der Waals surface area contributed by atoms with E-state index in [2.05, 4.69) is 30.2 Å². The Balaban J connectivity index is 1.48. The van der Waals surface area contributed by atoms with Crippen LogP contribution in [0.5, 0.6) is 11.8 Å². The van der Waals surface area contributed by atoms with Crippen LogP contribution in [-0.4, -0.2) is 52.1 Å². The van der Waals surface area contributed by atoms with Gasteiger partial charge in [-0.3, -0.25) is 4.79 Å². The maximum absolute atomic E-state index is 11.3. The van der Waals surface area contributed by atoms with Gasteiger partial charge in [-0.05, 0) is 44.7 Å². The summed E-state index contributed by atoms with van der Waals surface area (Å²) in [5.41, 5.74) is 2.67. The van der Waals surface area contributed by atoms with E-state index in [0.717, 1.165) is 18.5 Å². The summed E-state index contributed by atoms with van der Waals surface area (Å²) in [6.45, 7) is 3.99. The van der Waals surface area contributed by atoms with Gasteiger partial charge in [-0.25, -0.2) is 14.6 Å². The second-order valence-electron chi connectivity index (χ2n) is 8.06. The Labute approximate surface area is 191 Å². The van der Waals surface area contributed by atoms with Crippen molar-refractivity contribution in [2.24, 2.45) is 13.0 Å². The molecule has 2 atom stereocenters. The number of carbonyl (C=O) groups is 1. The molecule has 11 heteroatoms. The van der Waals surface area contributed by atoms with E-state index in [1.54, 1.807) is 11.7 Å². The smallest absolute Gasteiger partial charge is 0.320 e. The molecule has 0 unspecified atom stereocenters. The van der Waals surface area contributed by atoms with Crippen molar-refractivity contribution in [3.05, 3.63) is 35.7 Å². The van der Waals surface area contributed by atoms with Gasteiger partial charge in [0.2, 0.25) is 0 Å². The number of carboxylic acid groups (broad SMARTS) is 1. The van der Waals surface area contributed by atoms with E-state index >= 15 is 0 Å². The first-order chi connectivity index (χ1) is 15.9. The van der Waals surface area contributed by atoms with Crippen molar-refractivity contribution in [3.63, 3.8) is 0 Å². The minimum absolute atomic E-state index is 0.125. The first-order valence-electron chi connectivity index (χ1n) is 11.0. The van der Waals surface area contributed by atoms with Crippen molar-refractivity contribution >= 4 is 5.97 Å². The van der Waals surface area contributed by atoms with Crippen LogP contribution in [0.15, 0.2) is 18.5 Å². The van der Waals surface area contributed by atoms with Crippen LogP contribution in [0, 0.1) is 12.8 Å². The predicted molar refractivity (Wildman–Crippen MR) is 117 cm³/mol. The minimum Gasteiger partial charge on any atom is -0.489 e. The fourth-order valence-corrected chi connectivity index (χ4v) is 3.88. The van der Waals surface area contributed by atoms with Gasteiger partial charge < -0.3 is 14.6 Å². The third kappa shape index (κ3) is 5.24. The second-order valence-corrected chi connectivity index (χ2v) is 8.06. The van der Waals surface area contributed by atoms with Crippen LogP contribution in [0.2, 0.25) is 0 Å². The van der Waals surface area contributed by atoms with Crippen LogP contribution < -0.4 is 9.47 Å². The van der Waals surface area contributed by atoms with Crippen LogP contribution >= 0.6 is 0 Å². The molecular formula is C22H27N7O4. The molecule has 1 aliphatic rings. The van der Waals surface area contributed by atoms with Gasteiger partial charge in [-0.1, -0.05) is 12.1 Å². The zero-order valence-corrected chi connectivity index (χ0v) is 18.9. The Hall–Kier alpha value is -3.63. The highest BCUT2D eigenvalue weighted by molar-refractivity contribution is 5.70. The number of aliphatic carboxylic acids is 1. The Morgan fingerprint density at radius 3 is 2.85 bits per heavy atom. The van der Waals surface area contributed by atoms with Gasteiger partial charge in [0, 0.05) is 13.5 Å². The average molecular weight is 454 g/mol. The standard InChI is InChI=1S/C22H27N7O4/c1-4-19-23-12-24-22(26-19)32-11-17-20(27-28-29(17)3)16-8-9-18(13(2)25-16)33-15-7-5-6-14(10-15)21(30)31/h8-9,12,14-15H,4-7,10-11H2,1-3H3,(H,30,31)/t14-,15-/m0/s1. The van der Waals surface area contributed by atoms with Crippen LogP contribution in [0.1, 0.15) is 49.8 Å². The van der Waals surface area contributed by atoms with Crippen LogP contribution in [0.3, 0.4) is 0 Å². The summed E-state index contributed by atoms with van der Waals surface area (Å²) in [6, 6.07) is 3.92. The van der Waals surface area contributed by atoms with Gasteiger partial charge in [0.05, 0.1) is 23.4 Å². The van der Waals surface area contributed by atoms with Crippen molar-refractivity contribution in [3.8, 4) is 23.1 Å². The number of hydrogen-bond acceptors (Lipinski definition) is 9. The molecule has 0 aromatic carbocycles. The van der Waals surface area contributed by atoms with Crippen LogP contribution in [0.4, 0.5) is 0 Å². The van der Waals surface area contributed by atoms with Crippen molar-refractivity contribution < 1.29 is 19.4 Å². The molecule has 33 heavy (non-hydrogen) atoms. The molecule has 1 saturated carbocycles. The molecule has 0 spiro atoms. The Bertz CT molecular complexity index is 1130. The lowest BCUT2D eigenvalue weighted by molar-refractivity contribution is -0.143. The molecule has 0 radical (unpaired) electrons. The highest BCUT2D eigenvalue weighted by Gasteiger charge is 2.28. The summed E-state index contributed by atoms with van der Waals surface area (Å²) in [5, 5.41) is 17.7. The van der Waals surface area contributed by atoms with E-state index in [1.807, 2.05) is 26.0 Å². The van der Waals surface area contributed by atoms with Crippen molar-refractivity contribution in [1.29, 1.82) is 0 Å². The zero-order valence-electron chi connectivity index (χ0n) is 18.9. The molecule has 0 bridgehead atoms. The average Bonchev–Trinajstić information content (AvgIpc) is 3.19. The maximum atomic E-state index is 11.3. The third-order valence-corrected chi connectivity index (χ3v) is 5.75. The maximum Gasteiger partial charge on any atom is 0.320 e. The summed E-state index contributed by atoms with van der Waals surface area (Å²) in [7, 11) is 1.78. The normalized spacial score (nSPS) is 18.2. The van der Waals surface area contributed by atoms with Gasteiger partial charge in [0.15, 0.2) is 0 Å². The Morgan fingerprint density at radius 2 is 2.09 bits per heavy atom. The van der Waals surface area contributed by atoms with E-state index < -0.39 is 5.97 Å². The van der Waals surface area contributed by atoms with Gasteiger partial charge in [0.1, 0.15) is 35.9 Å². The number of aromatic nitrogens is 7. The molecule has 174 valence electrons. The largest absolute Gasteiger partial charge is 0.489 e. The second kappa shape index (κ2) is 9.88. The molecule has 3 heterocycles. The lowest BCUT2D eigenvalue weighted by Crippen LogP contribution is -2.29. The van der Waals surface area contributed by atoms with Gasteiger partial charge in [-0.15, -0.1) is 5.10 Å². The summed E-state index contributed by atoms with van der Waals surface area (Å²) in [4.78, 5) is 28.4. The summed E-state index contributed by atoms with van der Waals surface area (Å²) in [5.74, 6) is 0.197. The highest BCUT2D eigenvalue weighted by atomic mass is 16.5. The molecule has 0 saturated heterocycles. The summed E-state index contributed by atoms with van der Waals surface area (Å²) >= 11 is 0. The van der Waals surface area contributed by atoms with Gasteiger partial charge in [0.25, 0.3) is 0 Å². The predicted octanol–water partition coefficient (Wildman–Crippen LogP) is 2.53. The number of carboxylic acids is 1. The van der Waals surface area contributed by atoms with Crippen LogP contribution in [-0.2, 0) is 24.9 Å². The Kier molecular flexibility index (Phi) is 6.76. The first kappa shape index (κ1) is 22.6. The molecule has 0 aliphatic heterocycles. The quantitative estimate of drug-likeness (QED) is 0.541. The SMILES string of the molecule is CCc1ncnc(OCc2c(-c3ccc(O[C@H]4CCC[C@H](C(=O)O)C4)c(C)n3)nnn2C)n1. The van der Waals surface area contributed by atoms with E-state index in [0.29, 0.717) is 47.9 Å². The number of aryl methyl sites for hydroxylation is 3. The molecule has 1 N–H and O–H groups in total. The monoisotopic (exact) mass is 453 g/mol. The van der Waals surface area contributed by atoms with Gasteiger partial charge >= 0.3 is 12.0 Å². The number of pyridine rings is 1. The topological polar surface area (TPSA) is 138 Å². The molecule has 1 fully saturated rings. The number of rotatable bonds is 8. The van der Waals surface area contributed by atoms with E-state index in [-0.39, 0.29) is 24.6 Å². The first-order valence-corrected chi connectivity index (χ1v) is 11.0. The van der Waals surface area contributed by atoms with E-state index in [4.69, 9.17) is 9.47 Å². The van der Waals surface area contributed by atoms with Crippen molar-refractivity contribution in [2.75, 3.05) is 0 Å². The minimum atomic E-state index is -0.756. The molecule has 4 rings (SSSR count). The molecule has 11 nitrogen and oxygen atoms in total. The molecule has 3 aromatic heterocycles. The van der Waals surface area contributed by atoms with Crippen LogP contribution in [0.25, 0.3) is 11.4 Å². The highest BCUT2D eigenvalue weighted by Crippen LogP contribution is 2.30. The molecule has 0 amide bonds. The lowest BCUT2D eigenvalue weighted by Gasteiger charge is -2.27. The zero-order chi connectivity index (χ0) is 23.4. The number of nitrogens with zero attached hydrogens (tertiary/aromatic N) is 7. The fourth-order valence-electron chi connectivity index (χ4n) is 3.88. The van der Waals surface area contributed by atoms with Crippen molar-refractivity contribution in [2.45, 2.75) is 58.7 Å². The number of hydrogen-bond donors (Lipinski definition) is 1. The van der Waals surface area contributed by atoms with Crippen molar-refractivity contribution in [1.82, 2.24) is 34.9 Å². The number of ether oxygens (including phenoxy) is 2. The van der Waals surface area contributed by atoms with Gasteiger partial charge in [-0.2, -0.15) is 9.97 Å². The van der Waals surface area contributed by atoms with E-state index in [1.165, 1.54) is 6.33 Å². The third-order valence-electron chi connectivity index (χ3n) is 5.75. The summed E-state index contributed by atoms with van der Waals surface area (Å²) in [6.07, 6.45) is 4.89. The molecule has 3 aromatic rings. The molecule has 1 aliphatic carbocycles. The molecular weight excluding hydrogens is 426 g/mol. The fraction of sp³-hybridized carbons (Fsp3) is 0.500. The summed E-state index contributed by atoms with van der Waals surface area (Å²) < 4.78 is 13.5. The Morgan fingerprint density at radius 1 is 1.24 bits per heavy atom.